The summed E-state index contributed by atoms with van der Waals surface area (Å²) in [6.07, 6.45) is 9.28. The highest BCUT2D eigenvalue weighted by Crippen LogP contribution is 2.08. The van der Waals surface area contributed by atoms with E-state index < -0.39 is 0 Å². The second kappa shape index (κ2) is 9.46. The fourth-order valence-corrected chi connectivity index (χ4v) is 2.34. The van der Waals surface area contributed by atoms with Crippen molar-refractivity contribution in [1.82, 2.24) is 10.2 Å². The predicted molar refractivity (Wildman–Crippen MR) is 72.1 cm³/mol. The van der Waals surface area contributed by atoms with E-state index in [1.807, 2.05) is 0 Å². The third kappa shape index (κ3) is 7.37. The smallest absolute Gasteiger partial charge is 0.219 e. The maximum absolute atomic E-state index is 11.4. The second-order valence-corrected chi connectivity index (χ2v) is 5.06. The lowest BCUT2D eigenvalue weighted by Crippen LogP contribution is -2.33. The van der Waals surface area contributed by atoms with Crippen LogP contribution < -0.4 is 5.32 Å². The highest BCUT2D eigenvalue weighted by Gasteiger charge is 2.09. The number of amides is 1. The predicted octanol–water partition coefficient (Wildman–Crippen LogP) is 2.56. The van der Waals surface area contributed by atoms with Crippen LogP contribution in [0, 0.1) is 0 Å². The van der Waals surface area contributed by atoms with Crippen LogP contribution in [0.3, 0.4) is 0 Å². The molecule has 17 heavy (non-hydrogen) atoms. The zero-order valence-corrected chi connectivity index (χ0v) is 11.3. The Balaban J connectivity index is 1.90. The van der Waals surface area contributed by atoms with Gasteiger partial charge in [-0.2, -0.15) is 0 Å². The van der Waals surface area contributed by atoms with E-state index in [0.717, 1.165) is 25.9 Å². The van der Waals surface area contributed by atoms with Gasteiger partial charge in [-0.15, -0.1) is 0 Å². The number of nitrogens with zero attached hydrogens (tertiary/aromatic N) is 1. The molecule has 0 unspecified atom stereocenters. The van der Waals surface area contributed by atoms with Gasteiger partial charge in [0.15, 0.2) is 0 Å². The molecule has 0 saturated carbocycles. The van der Waals surface area contributed by atoms with Crippen molar-refractivity contribution in [2.24, 2.45) is 0 Å². The van der Waals surface area contributed by atoms with Gasteiger partial charge in [0.05, 0.1) is 0 Å². The van der Waals surface area contributed by atoms with E-state index in [2.05, 4.69) is 17.1 Å². The van der Waals surface area contributed by atoms with Crippen molar-refractivity contribution < 1.29 is 4.79 Å². The number of piperidine rings is 1. The molecule has 100 valence electrons. The average Bonchev–Trinajstić information content (AvgIpc) is 2.36. The maximum atomic E-state index is 11.4. The van der Waals surface area contributed by atoms with Gasteiger partial charge in [0, 0.05) is 13.0 Å². The third-order valence-corrected chi connectivity index (χ3v) is 3.43. The minimum atomic E-state index is 0.233. The van der Waals surface area contributed by atoms with Crippen LogP contribution >= 0.6 is 0 Å². The first-order chi connectivity index (χ1) is 8.33. The molecule has 0 aliphatic carbocycles. The Morgan fingerprint density at radius 1 is 1.12 bits per heavy atom. The van der Waals surface area contributed by atoms with Gasteiger partial charge in [0.2, 0.25) is 5.91 Å². The van der Waals surface area contributed by atoms with Crippen molar-refractivity contribution in [2.45, 2.75) is 58.3 Å². The minimum absolute atomic E-state index is 0.233. The molecule has 1 heterocycles. The first-order valence-corrected chi connectivity index (χ1v) is 7.32. The van der Waals surface area contributed by atoms with Gasteiger partial charge in [-0.25, -0.2) is 0 Å². The number of hydrogen-bond acceptors (Lipinski definition) is 2. The summed E-state index contributed by atoms with van der Waals surface area (Å²) in [6.45, 7) is 6.67. The van der Waals surface area contributed by atoms with Gasteiger partial charge in [-0.05, 0) is 45.3 Å². The Labute approximate surface area is 106 Å². The number of rotatable bonds is 8. The Morgan fingerprint density at radius 2 is 1.88 bits per heavy atom. The molecule has 0 radical (unpaired) electrons. The second-order valence-electron chi connectivity index (χ2n) is 5.06. The molecule has 1 rings (SSSR count). The molecule has 0 aromatic heterocycles. The van der Waals surface area contributed by atoms with Crippen molar-refractivity contribution in [1.29, 1.82) is 0 Å². The van der Waals surface area contributed by atoms with E-state index >= 15 is 0 Å². The van der Waals surface area contributed by atoms with E-state index in [1.54, 1.807) is 0 Å². The van der Waals surface area contributed by atoms with Gasteiger partial charge in [-0.3, -0.25) is 4.79 Å². The minimum Gasteiger partial charge on any atom is -0.356 e. The molecular formula is C14H28N2O. The van der Waals surface area contributed by atoms with E-state index in [4.69, 9.17) is 0 Å². The van der Waals surface area contributed by atoms with Crippen LogP contribution in [0.5, 0.6) is 0 Å². The van der Waals surface area contributed by atoms with E-state index in [1.165, 1.54) is 45.2 Å². The molecule has 1 N–H and O–H groups in total. The first kappa shape index (κ1) is 14.5. The number of nitrogens with one attached hydrogen (secondary N) is 1. The van der Waals surface area contributed by atoms with Crippen LogP contribution in [0.4, 0.5) is 0 Å². The van der Waals surface area contributed by atoms with Crippen molar-refractivity contribution in [3.8, 4) is 0 Å². The molecule has 1 amide bonds. The van der Waals surface area contributed by atoms with Crippen molar-refractivity contribution in [3.63, 3.8) is 0 Å². The highest BCUT2D eigenvalue weighted by atomic mass is 16.1. The largest absolute Gasteiger partial charge is 0.356 e. The van der Waals surface area contributed by atoms with Gasteiger partial charge in [0.1, 0.15) is 0 Å². The average molecular weight is 240 g/mol. The quantitative estimate of drug-likeness (QED) is 0.661. The van der Waals surface area contributed by atoms with Crippen molar-refractivity contribution >= 4 is 5.91 Å². The zero-order chi connectivity index (χ0) is 12.3. The van der Waals surface area contributed by atoms with Crippen LogP contribution in [-0.2, 0) is 4.79 Å². The van der Waals surface area contributed by atoms with E-state index in [-0.39, 0.29) is 5.91 Å². The Kier molecular flexibility index (Phi) is 8.06. The van der Waals surface area contributed by atoms with Gasteiger partial charge in [0.25, 0.3) is 0 Å². The Hall–Kier alpha value is -0.570. The summed E-state index contributed by atoms with van der Waals surface area (Å²) >= 11 is 0. The summed E-state index contributed by atoms with van der Waals surface area (Å²) in [7, 11) is 0. The first-order valence-electron chi connectivity index (χ1n) is 7.32. The molecular weight excluding hydrogens is 212 g/mol. The molecule has 0 spiro atoms. The number of carbonyl (C=O) groups is 1. The SMILES string of the molecule is CCCCCC(=O)NCCCN1CCCCC1. The van der Waals surface area contributed by atoms with Crippen molar-refractivity contribution in [2.75, 3.05) is 26.2 Å². The number of hydrogen-bond donors (Lipinski definition) is 1. The number of carbonyl (C=O) groups excluding carboxylic acids is 1. The summed E-state index contributed by atoms with van der Waals surface area (Å²) in [4.78, 5) is 14.0. The summed E-state index contributed by atoms with van der Waals surface area (Å²) in [5.74, 6) is 0.233. The number of likely N-dealkylation sites (tertiary alicyclic amines) is 1. The van der Waals surface area contributed by atoms with E-state index in [0.29, 0.717) is 6.42 Å². The lowest BCUT2D eigenvalue weighted by Gasteiger charge is -2.26. The summed E-state index contributed by atoms with van der Waals surface area (Å²) < 4.78 is 0. The lowest BCUT2D eigenvalue weighted by molar-refractivity contribution is -0.121. The summed E-state index contributed by atoms with van der Waals surface area (Å²) in [5.41, 5.74) is 0. The Morgan fingerprint density at radius 3 is 2.59 bits per heavy atom. The topological polar surface area (TPSA) is 32.3 Å². The van der Waals surface area contributed by atoms with Crippen LogP contribution in [0.1, 0.15) is 58.3 Å². The molecule has 1 saturated heterocycles. The standard InChI is InChI=1S/C14H28N2O/c1-2-3-5-9-14(17)15-10-8-13-16-11-6-4-7-12-16/h2-13H2,1H3,(H,15,17). The molecule has 0 aromatic rings. The molecule has 3 nitrogen and oxygen atoms in total. The molecule has 0 aromatic carbocycles. The van der Waals surface area contributed by atoms with Crippen LogP contribution in [0.25, 0.3) is 0 Å². The van der Waals surface area contributed by atoms with Gasteiger partial charge in [-0.1, -0.05) is 26.2 Å². The lowest BCUT2D eigenvalue weighted by atomic mass is 10.1. The highest BCUT2D eigenvalue weighted by molar-refractivity contribution is 5.75. The van der Waals surface area contributed by atoms with Crippen LogP contribution in [0.15, 0.2) is 0 Å². The molecule has 0 atom stereocenters. The summed E-state index contributed by atoms with van der Waals surface area (Å²) in [6, 6.07) is 0. The number of unbranched alkanes of at least 4 members (excludes halogenated alkanes) is 2. The molecule has 1 fully saturated rings. The molecule has 3 heteroatoms. The molecule has 1 aliphatic heterocycles. The van der Waals surface area contributed by atoms with Crippen LogP contribution in [-0.4, -0.2) is 37.0 Å². The fourth-order valence-electron chi connectivity index (χ4n) is 2.34. The fraction of sp³-hybridized carbons (Fsp3) is 0.929. The maximum Gasteiger partial charge on any atom is 0.219 e. The van der Waals surface area contributed by atoms with E-state index in [9.17, 15) is 4.79 Å². The van der Waals surface area contributed by atoms with Gasteiger partial charge < -0.3 is 10.2 Å². The third-order valence-electron chi connectivity index (χ3n) is 3.43. The monoisotopic (exact) mass is 240 g/mol. The molecule has 0 bridgehead atoms. The van der Waals surface area contributed by atoms with Gasteiger partial charge >= 0.3 is 0 Å². The molecule has 1 aliphatic rings. The van der Waals surface area contributed by atoms with Crippen molar-refractivity contribution in [3.05, 3.63) is 0 Å². The zero-order valence-electron chi connectivity index (χ0n) is 11.3. The Bertz CT molecular complexity index is 200. The normalized spacial score (nSPS) is 17.0. The van der Waals surface area contributed by atoms with Crippen LogP contribution in [0.2, 0.25) is 0 Å². The summed E-state index contributed by atoms with van der Waals surface area (Å²) in [5, 5.41) is 3.02.